The summed E-state index contributed by atoms with van der Waals surface area (Å²) in [6.07, 6.45) is 2.24. The zero-order chi connectivity index (χ0) is 22.7. The van der Waals surface area contributed by atoms with E-state index in [-0.39, 0.29) is 34.5 Å². The van der Waals surface area contributed by atoms with E-state index in [9.17, 15) is 23.7 Å². The van der Waals surface area contributed by atoms with E-state index in [1.165, 1.54) is 17.2 Å². The number of carbonyl (C=O) groups is 1. The molecule has 13 heteroatoms. The van der Waals surface area contributed by atoms with Crippen molar-refractivity contribution >= 4 is 34.8 Å². The van der Waals surface area contributed by atoms with Crippen molar-refractivity contribution in [2.45, 2.75) is 19.4 Å². The minimum atomic E-state index is -1.12. The molecule has 0 aliphatic rings. The molecule has 3 aromatic rings. The van der Waals surface area contributed by atoms with E-state index in [1.807, 2.05) is 0 Å². The van der Waals surface area contributed by atoms with Gasteiger partial charge in [-0.05, 0) is 30.2 Å². The van der Waals surface area contributed by atoms with E-state index in [1.54, 1.807) is 6.92 Å². The van der Waals surface area contributed by atoms with Crippen LogP contribution in [-0.4, -0.2) is 44.2 Å². The second-order valence-electron chi connectivity index (χ2n) is 6.18. The molecule has 2 aromatic heterocycles. The van der Waals surface area contributed by atoms with Crippen molar-refractivity contribution in [1.82, 2.24) is 20.2 Å². The smallest absolute Gasteiger partial charge is 0.330 e. The maximum Gasteiger partial charge on any atom is 0.330 e. The maximum absolute atomic E-state index is 14.5. The second kappa shape index (κ2) is 9.00. The number of nitrogens with zero attached hydrogens (tertiary/aromatic N) is 5. The summed E-state index contributed by atoms with van der Waals surface area (Å²) in [4.78, 5) is 32.1. The number of H-pyrrole nitrogens is 1. The summed E-state index contributed by atoms with van der Waals surface area (Å²) in [7, 11) is 1.15. The van der Waals surface area contributed by atoms with Crippen LogP contribution in [0.5, 0.6) is 0 Å². The molecule has 10 nitrogen and oxygen atoms in total. The Morgan fingerprint density at radius 2 is 2.13 bits per heavy atom. The van der Waals surface area contributed by atoms with Crippen LogP contribution >= 0.6 is 11.6 Å². The number of nitrogens with one attached hydrogen (secondary N) is 1. The number of aromatic amines is 1. The van der Waals surface area contributed by atoms with Gasteiger partial charge in [-0.1, -0.05) is 6.92 Å². The minimum Gasteiger partial charge on any atom is -0.467 e. The Morgan fingerprint density at radius 3 is 2.74 bits per heavy atom. The molecule has 0 spiro atoms. The lowest BCUT2D eigenvalue weighted by Gasteiger charge is -2.29. The van der Waals surface area contributed by atoms with Crippen LogP contribution in [0.2, 0.25) is 5.28 Å². The van der Waals surface area contributed by atoms with E-state index in [4.69, 9.17) is 16.3 Å². The van der Waals surface area contributed by atoms with Crippen LogP contribution in [0.1, 0.15) is 13.3 Å². The number of aromatic nitrogens is 4. The molecule has 1 unspecified atom stereocenters. The van der Waals surface area contributed by atoms with Crippen LogP contribution in [0.4, 0.5) is 26.0 Å². The number of hydrogen-bond donors (Lipinski definition) is 1. The third kappa shape index (κ3) is 4.28. The molecule has 0 aliphatic carbocycles. The predicted molar refractivity (Wildman–Crippen MR) is 106 cm³/mol. The molecular weight excluding hydrogens is 438 g/mol. The van der Waals surface area contributed by atoms with E-state index in [0.29, 0.717) is 6.07 Å². The lowest BCUT2D eigenvalue weighted by molar-refractivity contribution is -0.384. The van der Waals surface area contributed by atoms with Gasteiger partial charge in [-0.2, -0.15) is 10.1 Å². The highest BCUT2D eigenvalue weighted by Crippen LogP contribution is 2.40. The molecule has 2 heterocycles. The fourth-order valence-electron chi connectivity index (χ4n) is 3.02. The van der Waals surface area contributed by atoms with Gasteiger partial charge in [-0.25, -0.2) is 18.6 Å². The molecular formula is C18H15ClF2N6O4. The number of rotatable bonds is 7. The standard InChI is InChI=1S/C18H15ClF2N6O4/c1-3-12(17(28)31-2)26(16-14(27(29)30)7-22-18(19)24-16)13-8-23-25-15(13)10-5-4-9(20)6-11(10)21/h4-8,12H,3H2,1-2H3,(H,23,25). The molecule has 0 saturated heterocycles. The molecule has 1 N–H and O–H groups in total. The van der Waals surface area contributed by atoms with E-state index >= 15 is 0 Å². The Hall–Kier alpha value is -3.67. The fraction of sp³-hybridized carbons (Fsp3) is 0.222. The third-order valence-electron chi connectivity index (χ3n) is 4.40. The number of nitro groups is 1. The second-order valence-corrected chi connectivity index (χ2v) is 6.51. The highest BCUT2D eigenvalue weighted by Gasteiger charge is 2.36. The average Bonchev–Trinajstić information content (AvgIpc) is 3.19. The fourth-order valence-corrected chi connectivity index (χ4v) is 3.15. The highest BCUT2D eigenvalue weighted by atomic mass is 35.5. The number of ether oxygens (including phenoxy) is 1. The van der Waals surface area contributed by atoms with E-state index in [0.717, 1.165) is 19.4 Å². The number of carbonyl (C=O) groups excluding carboxylic acids is 1. The molecule has 31 heavy (non-hydrogen) atoms. The Morgan fingerprint density at radius 1 is 1.39 bits per heavy atom. The molecule has 0 aliphatic heterocycles. The molecule has 1 atom stereocenters. The van der Waals surface area contributed by atoms with Gasteiger partial charge in [-0.15, -0.1) is 0 Å². The van der Waals surface area contributed by atoms with Crippen molar-refractivity contribution in [3.63, 3.8) is 0 Å². The normalized spacial score (nSPS) is 11.8. The van der Waals surface area contributed by atoms with Gasteiger partial charge in [0.25, 0.3) is 0 Å². The van der Waals surface area contributed by atoms with Crippen LogP contribution in [0.15, 0.2) is 30.6 Å². The largest absolute Gasteiger partial charge is 0.467 e. The first-order valence-corrected chi connectivity index (χ1v) is 9.19. The van der Waals surface area contributed by atoms with Gasteiger partial charge in [0.05, 0.1) is 29.6 Å². The molecule has 0 radical (unpaired) electrons. The van der Waals surface area contributed by atoms with Gasteiger partial charge in [-0.3, -0.25) is 15.2 Å². The Kier molecular flexibility index (Phi) is 6.39. The average molecular weight is 453 g/mol. The molecule has 162 valence electrons. The van der Waals surface area contributed by atoms with Crippen molar-refractivity contribution in [1.29, 1.82) is 0 Å². The summed E-state index contributed by atoms with van der Waals surface area (Å²) in [5, 5.41) is 17.8. The van der Waals surface area contributed by atoms with Crippen LogP contribution in [0, 0.1) is 21.7 Å². The van der Waals surface area contributed by atoms with Gasteiger partial charge in [0.1, 0.15) is 23.9 Å². The van der Waals surface area contributed by atoms with Crippen molar-refractivity contribution in [2.75, 3.05) is 12.0 Å². The monoisotopic (exact) mass is 452 g/mol. The van der Waals surface area contributed by atoms with Crippen molar-refractivity contribution in [3.05, 3.63) is 57.6 Å². The first kappa shape index (κ1) is 22.0. The summed E-state index contributed by atoms with van der Waals surface area (Å²) in [5.41, 5.74) is -0.551. The lowest BCUT2D eigenvalue weighted by Crippen LogP contribution is -2.39. The zero-order valence-electron chi connectivity index (χ0n) is 16.2. The van der Waals surface area contributed by atoms with Crippen LogP contribution in [0.3, 0.4) is 0 Å². The van der Waals surface area contributed by atoms with E-state index < -0.39 is 34.3 Å². The van der Waals surface area contributed by atoms with Crippen molar-refractivity contribution in [3.8, 4) is 11.3 Å². The quantitative estimate of drug-likeness (QED) is 0.248. The Labute approximate surface area is 179 Å². The van der Waals surface area contributed by atoms with Crippen molar-refractivity contribution in [2.24, 2.45) is 0 Å². The number of anilines is 2. The van der Waals surface area contributed by atoms with Crippen LogP contribution in [-0.2, 0) is 9.53 Å². The third-order valence-corrected chi connectivity index (χ3v) is 4.58. The van der Waals surface area contributed by atoms with Gasteiger partial charge in [0.15, 0.2) is 0 Å². The number of methoxy groups -OCH3 is 1. The SMILES string of the molecule is CCC(C(=O)OC)N(c1cn[nH]c1-c1ccc(F)cc1F)c1nc(Cl)ncc1[N+](=O)[O-]. The van der Waals surface area contributed by atoms with Gasteiger partial charge >= 0.3 is 11.7 Å². The summed E-state index contributed by atoms with van der Waals surface area (Å²) < 4.78 is 32.7. The van der Waals surface area contributed by atoms with Gasteiger partial charge < -0.3 is 9.64 Å². The number of benzene rings is 1. The summed E-state index contributed by atoms with van der Waals surface area (Å²) in [6.45, 7) is 1.64. The van der Waals surface area contributed by atoms with Gasteiger partial charge in [0, 0.05) is 11.6 Å². The maximum atomic E-state index is 14.5. The lowest BCUT2D eigenvalue weighted by atomic mass is 10.1. The minimum absolute atomic E-state index is 0.0314. The number of esters is 1. The first-order chi connectivity index (χ1) is 14.8. The zero-order valence-corrected chi connectivity index (χ0v) is 16.9. The van der Waals surface area contributed by atoms with Crippen LogP contribution < -0.4 is 4.90 Å². The number of halogens is 3. The van der Waals surface area contributed by atoms with Gasteiger partial charge in [0.2, 0.25) is 11.1 Å². The molecule has 0 bridgehead atoms. The topological polar surface area (TPSA) is 127 Å². The van der Waals surface area contributed by atoms with Crippen LogP contribution in [0.25, 0.3) is 11.3 Å². The molecule has 0 fully saturated rings. The summed E-state index contributed by atoms with van der Waals surface area (Å²) in [6, 6.07) is 1.76. The summed E-state index contributed by atoms with van der Waals surface area (Å²) >= 11 is 5.87. The Balaban J connectivity index is 2.30. The number of hydrogen-bond acceptors (Lipinski definition) is 8. The first-order valence-electron chi connectivity index (χ1n) is 8.81. The Bertz CT molecular complexity index is 1140. The van der Waals surface area contributed by atoms with Crippen molar-refractivity contribution < 1.29 is 23.2 Å². The predicted octanol–water partition coefficient (Wildman–Crippen LogP) is 3.80. The molecule has 1 aromatic carbocycles. The summed E-state index contributed by atoms with van der Waals surface area (Å²) in [5.74, 6) is -2.77. The molecule has 3 rings (SSSR count). The molecule has 0 saturated carbocycles. The highest BCUT2D eigenvalue weighted by molar-refractivity contribution is 6.28. The molecule has 0 amide bonds. The van der Waals surface area contributed by atoms with E-state index in [2.05, 4.69) is 20.2 Å².